The van der Waals surface area contributed by atoms with E-state index >= 15 is 0 Å². The van der Waals surface area contributed by atoms with Crippen molar-refractivity contribution in [2.45, 2.75) is 12.6 Å². The van der Waals surface area contributed by atoms with Gasteiger partial charge in [-0.15, -0.1) is 0 Å². The molecule has 2 aromatic rings. The number of morpholine rings is 1. The number of pyridine rings is 1. The number of nitrogens with one attached hydrogen (secondary N) is 2. The normalized spacial score (nSPS) is 15.6. The summed E-state index contributed by atoms with van der Waals surface area (Å²) in [6, 6.07) is 10.9. The molecule has 1 fully saturated rings. The van der Waals surface area contributed by atoms with Gasteiger partial charge in [0.2, 0.25) is 0 Å². The lowest BCUT2D eigenvalue weighted by molar-refractivity contribution is -0.139. The van der Waals surface area contributed by atoms with Crippen molar-refractivity contribution in [2.75, 3.05) is 32.8 Å². The molecule has 1 atom stereocenters. The third-order valence-electron chi connectivity index (χ3n) is 4.62. The molecule has 3 rings (SSSR count). The van der Waals surface area contributed by atoms with E-state index in [1.807, 2.05) is 24.3 Å². The predicted molar refractivity (Wildman–Crippen MR) is 106 cm³/mol. The lowest BCUT2D eigenvalue weighted by Gasteiger charge is -2.34. The van der Waals surface area contributed by atoms with E-state index in [9.17, 15) is 9.59 Å². The van der Waals surface area contributed by atoms with Crippen LogP contribution in [-0.4, -0.2) is 54.5 Å². The predicted octanol–water partition coefficient (Wildman–Crippen LogP) is 1.54. The van der Waals surface area contributed by atoms with Crippen LogP contribution >= 0.6 is 11.6 Å². The molecule has 1 aliphatic heterocycles. The summed E-state index contributed by atoms with van der Waals surface area (Å²) in [6.07, 6.45) is 3.49. The topological polar surface area (TPSA) is 83.6 Å². The summed E-state index contributed by atoms with van der Waals surface area (Å²) >= 11 is 6.07. The molecule has 0 unspecified atom stereocenters. The first-order valence-electron chi connectivity index (χ1n) is 9.16. The number of rotatable bonds is 6. The lowest BCUT2D eigenvalue weighted by atomic mass is 10.1. The Morgan fingerprint density at radius 3 is 2.57 bits per heavy atom. The SMILES string of the molecule is O=C(NCc1ccccc1Cl)C(=O)NC[C@H](c1cccnc1)N1CCOCC1. The van der Waals surface area contributed by atoms with Gasteiger partial charge in [-0.1, -0.05) is 35.9 Å². The molecule has 0 saturated carbocycles. The fraction of sp³-hybridized carbons (Fsp3) is 0.350. The number of amides is 2. The highest BCUT2D eigenvalue weighted by atomic mass is 35.5. The van der Waals surface area contributed by atoms with Gasteiger partial charge in [0.15, 0.2) is 0 Å². The molecule has 0 spiro atoms. The van der Waals surface area contributed by atoms with Gasteiger partial charge in [0.25, 0.3) is 0 Å². The maximum absolute atomic E-state index is 12.3. The number of carbonyl (C=O) groups excluding carboxylic acids is 2. The number of ether oxygens (including phenoxy) is 1. The fourth-order valence-corrected chi connectivity index (χ4v) is 3.29. The van der Waals surface area contributed by atoms with E-state index < -0.39 is 11.8 Å². The number of carbonyl (C=O) groups is 2. The Bertz CT molecular complexity index is 797. The molecule has 7 nitrogen and oxygen atoms in total. The van der Waals surface area contributed by atoms with Crippen LogP contribution < -0.4 is 10.6 Å². The number of halogens is 1. The number of nitrogens with zero attached hydrogens (tertiary/aromatic N) is 2. The Hall–Kier alpha value is -2.48. The van der Waals surface area contributed by atoms with Crippen molar-refractivity contribution in [1.82, 2.24) is 20.5 Å². The summed E-state index contributed by atoms with van der Waals surface area (Å²) in [5.41, 5.74) is 1.74. The maximum atomic E-state index is 12.3. The third-order valence-corrected chi connectivity index (χ3v) is 4.98. The summed E-state index contributed by atoms with van der Waals surface area (Å²) < 4.78 is 5.41. The van der Waals surface area contributed by atoms with Gasteiger partial charge < -0.3 is 15.4 Å². The van der Waals surface area contributed by atoms with Crippen molar-refractivity contribution in [2.24, 2.45) is 0 Å². The monoisotopic (exact) mass is 402 g/mol. The number of aromatic nitrogens is 1. The molecule has 1 aliphatic rings. The zero-order valence-electron chi connectivity index (χ0n) is 15.4. The first-order valence-corrected chi connectivity index (χ1v) is 9.54. The van der Waals surface area contributed by atoms with Gasteiger partial charge in [-0.25, -0.2) is 0 Å². The minimum Gasteiger partial charge on any atom is -0.379 e. The van der Waals surface area contributed by atoms with Crippen LogP contribution in [0.5, 0.6) is 0 Å². The lowest BCUT2D eigenvalue weighted by Crippen LogP contribution is -2.46. The molecule has 2 N–H and O–H groups in total. The van der Waals surface area contributed by atoms with Gasteiger partial charge in [0.05, 0.1) is 19.3 Å². The van der Waals surface area contributed by atoms with E-state index in [0.717, 1.165) is 24.2 Å². The molecule has 1 saturated heterocycles. The van der Waals surface area contributed by atoms with E-state index in [2.05, 4.69) is 20.5 Å². The van der Waals surface area contributed by atoms with Crippen LogP contribution in [-0.2, 0) is 20.9 Å². The molecule has 148 valence electrons. The zero-order chi connectivity index (χ0) is 19.8. The molecule has 0 bridgehead atoms. The summed E-state index contributed by atoms with van der Waals surface area (Å²) in [5.74, 6) is -1.36. The Kier molecular flexibility index (Phi) is 7.36. The Morgan fingerprint density at radius 1 is 1.11 bits per heavy atom. The zero-order valence-corrected chi connectivity index (χ0v) is 16.2. The second-order valence-electron chi connectivity index (χ2n) is 6.43. The molecule has 0 aliphatic carbocycles. The van der Waals surface area contributed by atoms with Gasteiger partial charge >= 0.3 is 11.8 Å². The standard InChI is InChI=1S/C20H23ClN4O3/c21-17-6-2-1-4-15(17)13-23-19(26)20(27)24-14-18(16-5-3-7-22-12-16)25-8-10-28-11-9-25/h1-7,12,18H,8-11,13-14H2,(H,23,26)(H,24,27)/t18-/m1/s1. The third kappa shape index (κ3) is 5.51. The summed E-state index contributed by atoms with van der Waals surface area (Å²) in [6.45, 7) is 3.31. The van der Waals surface area contributed by atoms with Gasteiger partial charge in [-0.3, -0.25) is 19.5 Å². The van der Waals surface area contributed by atoms with Crippen molar-refractivity contribution in [3.8, 4) is 0 Å². The molecule has 2 amide bonds. The maximum Gasteiger partial charge on any atom is 0.309 e. The number of hydrogen-bond acceptors (Lipinski definition) is 5. The molecule has 1 aromatic carbocycles. The summed E-state index contributed by atoms with van der Waals surface area (Å²) in [7, 11) is 0. The molecule has 1 aromatic heterocycles. The van der Waals surface area contributed by atoms with Crippen LogP contribution in [0.15, 0.2) is 48.8 Å². The van der Waals surface area contributed by atoms with Crippen LogP contribution in [0.4, 0.5) is 0 Å². The van der Waals surface area contributed by atoms with Gasteiger partial charge in [-0.2, -0.15) is 0 Å². The first kappa shape index (κ1) is 20.3. The van der Waals surface area contributed by atoms with Crippen molar-refractivity contribution < 1.29 is 14.3 Å². The molecule has 8 heteroatoms. The Labute approximate surface area is 169 Å². The van der Waals surface area contributed by atoms with E-state index in [1.54, 1.807) is 24.5 Å². The second-order valence-corrected chi connectivity index (χ2v) is 6.84. The van der Waals surface area contributed by atoms with Gasteiger partial charge in [0.1, 0.15) is 0 Å². The molecular weight excluding hydrogens is 380 g/mol. The number of benzene rings is 1. The average molecular weight is 403 g/mol. The molecule has 28 heavy (non-hydrogen) atoms. The largest absolute Gasteiger partial charge is 0.379 e. The van der Waals surface area contributed by atoms with Crippen molar-refractivity contribution >= 4 is 23.4 Å². The minimum absolute atomic E-state index is 0.0714. The Morgan fingerprint density at radius 2 is 1.86 bits per heavy atom. The second kappa shape index (κ2) is 10.2. The van der Waals surface area contributed by atoms with Crippen LogP contribution in [0.1, 0.15) is 17.2 Å². The fourth-order valence-electron chi connectivity index (χ4n) is 3.09. The van der Waals surface area contributed by atoms with Crippen LogP contribution in [0, 0.1) is 0 Å². The highest BCUT2D eigenvalue weighted by Gasteiger charge is 2.24. The average Bonchev–Trinajstić information content (AvgIpc) is 2.74. The van der Waals surface area contributed by atoms with Crippen LogP contribution in [0.3, 0.4) is 0 Å². The van der Waals surface area contributed by atoms with E-state index in [-0.39, 0.29) is 12.6 Å². The highest BCUT2D eigenvalue weighted by Crippen LogP contribution is 2.20. The Balaban J connectivity index is 1.56. The van der Waals surface area contributed by atoms with Gasteiger partial charge in [0, 0.05) is 43.6 Å². The number of hydrogen-bond donors (Lipinski definition) is 2. The van der Waals surface area contributed by atoms with E-state index in [1.165, 1.54) is 0 Å². The highest BCUT2D eigenvalue weighted by molar-refractivity contribution is 6.35. The molecule has 2 heterocycles. The molecule has 0 radical (unpaired) electrons. The first-order chi connectivity index (χ1) is 13.6. The van der Waals surface area contributed by atoms with Crippen LogP contribution in [0.25, 0.3) is 0 Å². The van der Waals surface area contributed by atoms with Crippen molar-refractivity contribution in [3.63, 3.8) is 0 Å². The minimum atomic E-state index is -0.688. The smallest absolute Gasteiger partial charge is 0.309 e. The molecular formula is C20H23ClN4O3. The summed E-state index contributed by atoms with van der Waals surface area (Å²) in [5, 5.41) is 5.88. The van der Waals surface area contributed by atoms with Crippen molar-refractivity contribution in [3.05, 3.63) is 64.9 Å². The van der Waals surface area contributed by atoms with Gasteiger partial charge in [-0.05, 0) is 23.3 Å². The van der Waals surface area contributed by atoms with E-state index in [0.29, 0.717) is 24.8 Å². The van der Waals surface area contributed by atoms with Crippen molar-refractivity contribution in [1.29, 1.82) is 0 Å². The summed E-state index contributed by atoms with van der Waals surface area (Å²) in [4.78, 5) is 30.8. The van der Waals surface area contributed by atoms with E-state index in [4.69, 9.17) is 16.3 Å². The van der Waals surface area contributed by atoms with Crippen LogP contribution in [0.2, 0.25) is 5.02 Å². The quantitative estimate of drug-likeness (QED) is 0.716.